The Bertz CT molecular complexity index is 216. The van der Waals surface area contributed by atoms with Gasteiger partial charge in [0.15, 0.2) is 5.96 Å². The van der Waals surface area contributed by atoms with Crippen LogP contribution in [0.4, 0.5) is 0 Å². The monoisotopic (exact) mass is 403 g/mol. The second-order valence-electron chi connectivity index (χ2n) is 4.48. The molecule has 0 aromatic heterocycles. The van der Waals surface area contributed by atoms with Crippen molar-refractivity contribution >= 4 is 41.7 Å². The third kappa shape index (κ3) is 16.3. The van der Waals surface area contributed by atoms with Gasteiger partial charge in [0, 0.05) is 25.4 Å². The quantitative estimate of drug-likeness (QED) is 0.255. The van der Waals surface area contributed by atoms with Gasteiger partial charge in [-0.15, -0.1) is 24.0 Å². The van der Waals surface area contributed by atoms with E-state index in [9.17, 15) is 0 Å². The molecule has 0 fully saturated rings. The number of halogens is 1. The molecule has 0 unspecified atom stereocenters. The average molecular weight is 403 g/mol. The van der Waals surface area contributed by atoms with Gasteiger partial charge in [-0.05, 0) is 25.5 Å². The first-order valence-electron chi connectivity index (χ1n) is 6.79. The van der Waals surface area contributed by atoms with Gasteiger partial charge >= 0.3 is 0 Å². The third-order valence-electron chi connectivity index (χ3n) is 2.29. The molecule has 0 bridgehead atoms. The molecular weight excluding hydrogens is 373 g/mol. The summed E-state index contributed by atoms with van der Waals surface area (Å²) in [5.74, 6) is 2.69. The second kappa shape index (κ2) is 16.4. The smallest absolute Gasteiger partial charge is 0.191 e. The molecule has 0 rings (SSSR count). The fourth-order valence-corrected chi connectivity index (χ4v) is 1.56. The molecule has 116 valence electrons. The minimum atomic E-state index is 0. The fourth-order valence-electron chi connectivity index (χ4n) is 1.26. The van der Waals surface area contributed by atoms with Crippen molar-refractivity contribution in [1.82, 2.24) is 10.6 Å². The normalized spacial score (nSPS) is 11.3. The Hall–Kier alpha value is 0.310. The zero-order chi connectivity index (χ0) is 13.6. The summed E-state index contributed by atoms with van der Waals surface area (Å²) >= 11 is 1.83. The number of nitrogens with one attached hydrogen (secondary N) is 2. The topological polar surface area (TPSA) is 45.7 Å². The Morgan fingerprint density at radius 3 is 2.58 bits per heavy atom. The Balaban J connectivity index is 0. The van der Waals surface area contributed by atoms with Crippen molar-refractivity contribution in [2.75, 3.05) is 44.9 Å². The van der Waals surface area contributed by atoms with Crippen LogP contribution in [0.15, 0.2) is 4.99 Å². The summed E-state index contributed by atoms with van der Waals surface area (Å²) in [7, 11) is 0. The van der Waals surface area contributed by atoms with Crippen molar-refractivity contribution in [1.29, 1.82) is 0 Å². The van der Waals surface area contributed by atoms with E-state index in [1.807, 2.05) is 11.8 Å². The van der Waals surface area contributed by atoms with Crippen LogP contribution in [0.3, 0.4) is 0 Å². The highest BCUT2D eigenvalue weighted by atomic mass is 127. The van der Waals surface area contributed by atoms with Gasteiger partial charge in [-0.3, -0.25) is 4.99 Å². The lowest BCUT2D eigenvalue weighted by molar-refractivity contribution is 0.130. The Morgan fingerprint density at radius 1 is 1.26 bits per heavy atom. The van der Waals surface area contributed by atoms with Crippen LogP contribution in [0.25, 0.3) is 0 Å². The SMILES string of the molecule is CCNC(=NCCOCCC(C)C)NCCSC.I. The van der Waals surface area contributed by atoms with Crippen molar-refractivity contribution in [3.8, 4) is 0 Å². The van der Waals surface area contributed by atoms with Gasteiger partial charge in [0.1, 0.15) is 0 Å². The van der Waals surface area contributed by atoms with Crippen LogP contribution in [-0.2, 0) is 4.74 Å². The predicted molar refractivity (Wildman–Crippen MR) is 98.1 cm³/mol. The summed E-state index contributed by atoms with van der Waals surface area (Å²) < 4.78 is 5.53. The molecule has 2 N–H and O–H groups in total. The number of ether oxygens (including phenoxy) is 1. The molecule has 0 aliphatic carbocycles. The Labute approximate surface area is 139 Å². The highest BCUT2D eigenvalue weighted by molar-refractivity contribution is 14.0. The lowest BCUT2D eigenvalue weighted by atomic mass is 10.1. The number of hydrogen-bond donors (Lipinski definition) is 2. The first kappa shape index (κ1) is 21.6. The van der Waals surface area contributed by atoms with Crippen LogP contribution in [0.5, 0.6) is 0 Å². The standard InChI is InChI=1S/C13H29N3OS.HI/c1-5-14-13(16-8-11-18-4)15-7-10-17-9-6-12(2)3;/h12H,5-11H2,1-4H3,(H2,14,15,16);1H. The molecule has 19 heavy (non-hydrogen) atoms. The maximum absolute atomic E-state index is 5.53. The van der Waals surface area contributed by atoms with E-state index in [0.717, 1.165) is 37.8 Å². The van der Waals surface area contributed by atoms with Crippen molar-refractivity contribution in [2.24, 2.45) is 10.9 Å². The molecule has 0 aromatic carbocycles. The average Bonchev–Trinajstić information content (AvgIpc) is 2.33. The number of rotatable bonds is 10. The Morgan fingerprint density at radius 2 is 2.00 bits per heavy atom. The molecule has 0 spiro atoms. The minimum absolute atomic E-state index is 0. The van der Waals surface area contributed by atoms with E-state index in [2.05, 4.69) is 42.7 Å². The lowest BCUT2D eigenvalue weighted by Crippen LogP contribution is -2.38. The molecule has 0 saturated heterocycles. The molecule has 0 atom stereocenters. The maximum atomic E-state index is 5.53. The molecule has 0 aliphatic rings. The zero-order valence-corrected chi connectivity index (χ0v) is 15.8. The van der Waals surface area contributed by atoms with E-state index in [1.54, 1.807) is 0 Å². The van der Waals surface area contributed by atoms with Gasteiger partial charge in [0.2, 0.25) is 0 Å². The van der Waals surface area contributed by atoms with E-state index in [4.69, 9.17) is 4.74 Å². The van der Waals surface area contributed by atoms with Crippen LogP contribution in [0.1, 0.15) is 27.2 Å². The van der Waals surface area contributed by atoms with Crippen LogP contribution in [0, 0.1) is 5.92 Å². The summed E-state index contributed by atoms with van der Waals surface area (Å²) in [5.41, 5.74) is 0. The Kier molecular flexibility index (Phi) is 18.6. The van der Waals surface area contributed by atoms with E-state index in [1.165, 1.54) is 0 Å². The summed E-state index contributed by atoms with van der Waals surface area (Å²) in [6, 6.07) is 0. The number of hydrogen-bond acceptors (Lipinski definition) is 3. The van der Waals surface area contributed by atoms with Crippen LogP contribution >= 0.6 is 35.7 Å². The summed E-state index contributed by atoms with van der Waals surface area (Å²) in [5, 5.41) is 6.52. The predicted octanol–water partition coefficient (Wildman–Crippen LogP) is 2.59. The molecule has 0 aliphatic heterocycles. The number of thioether (sulfide) groups is 1. The number of aliphatic imine (C=N–C) groups is 1. The lowest BCUT2D eigenvalue weighted by Gasteiger charge is -2.10. The van der Waals surface area contributed by atoms with Crippen molar-refractivity contribution in [3.63, 3.8) is 0 Å². The minimum Gasteiger partial charge on any atom is -0.380 e. The van der Waals surface area contributed by atoms with Gasteiger partial charge < -0.3 is 15.4 Å². The second-order valence-corrected chi connectivity index (χ2v) is 5.46. The molecule has 4 nitrogen and oxygen atoms in total. The number of nitrogens with zero attached hydrogens (tertiary/aromatic N) is 1. The summed E-state index contributed by atoms with van der Waals surface area (Å²) in [6.45, 7) is 10.6. The third-order valence-corrected chi connectivity index (χ3v) is 2.90. The van der Waals surface area contributed by atoms with E-state index < -0.39 is 0 Å². The molecule has 0 radical (unpaired) electrons. The van der Waals surface area contributed by atoms with Gasteiger partial charge in [0.25, 0.3) is 0 Å². The molecule has 0 aromatic rings. The number of guanidine groups is 1. The molecular formula is C13H30IN3OS. The van der Waals surface area contributed by atoms with E-state index in [-0.39, 0.29) is 24.0 Å². The van der Waals surface area contributed by atoms with Gasteiger partial charge in [0.05, 0.1) is 13.2 Å². The van der Waals surface area contributed by atoms with E-state index >= 15 is 0 Å². The fraction of sp³-hybridized carbons (Fsp3) is 0.923. The van der Waals surface area contributed by atoms with Gasteiger partial charge in [-0.2, -0.15) is 11.8 Å². The molecule has 0 heterocycles. The largest absolute Gasteiger partial charge is 0.380 e. The molecule has 0 saturated carbocycles. The highest BCUT2D eigenvalue weighted by Gasteiger charge is 1.96. The summed E-state index contributed by atoms with van der Waals surface area (Å²) in [6.07, 6.45) is 3.23. The van der Waals surface area contributed by atoms with Crippen molar-refractivity contribution in [3.05, 3.63) is 0 Å². The van der Waals surface area contributed by atoms with Crippen LogP contribution < -0.4 is 10.6 Å². The first-order chi connectivity index (χ1) is 8.70. The van der Waals surface area contributed by atoms with Crippen molar-refractivity contribution < 1.29 is 4.74 Å². The van der Waals surface area contributed by atoms with Gasteiger partial charge in [-0.25, -0.2) is 0 Å². The van der Waals surface area contributed by atoms with E-state index in [0.29, 0.717) is 19.1 Å². The van der Waals surface area contributed by atoms with Crippen LogP contribution in [-0.4, -0.2) is 50.8 Å². The van der Waals surface area contributed by atoms with Crippen LogP contribution in [0.2, 0.25) is 0 Å². The molecule has 6 heteroatoms. The van der Waals surface area contributed by atoms with Crippen molar-refractivity contribution in [2.45, 2.75) is 27.2 Å². The van der Waals surface area contributed by atoms with Gasteiger partial charge in [-0.1, -0.05) is 13.8 Å². The highest BCUT2D eigenvalue weighted by Crippen LogP contribution is 1.98. The molecule has 0 amide bonds. The summed E-state index contributed by atoms with van der Waals surface area (Å²) in [4.78, 5) is 4.46. The zero-order valence-electron chi connectivity index (χ0n) is 12.7. The maximum Gasteiger partial charge on any atom is 0.191 e. The first-order valence-corrected chi connectivity index (χ1v) is 8.19.